The van der Waals surface area contributed by atoms with Crippen molar-refractivity contribution in [3.05, 3.63) is 76.8 Å². The van der Waals surface area contributed by atoms with Crippen molar-refractivity contribution in [3.63, 3.8) is 0 Å². The summed E-state index contributed by atoms with van der Waals surface area (Å²) < 4.78 is 24.7. The molecule has 2 atom stereocenters. The van der Waals surface area contributed by atoms with E-state index in [2.05, 4.69) is 10.6 Å². The van der Waals surface area contributed by atoms with E-state index in [1.54, 1.807) is 0 Å². The summed E-state index contributed by atoms with van der Waals surface area (Å²) in [4.78, 5) is 24.4. The minimum Gasteiger partial charge on any atom is -0.482 e. The lowest BCUT2D eigenvalue weighted by Crippen LogP contribution is -2.45. The first-order chi connectivity index (χ1) is 16.1. The van der Waals surface area contributed by atoms with Crippen LogP contribution in [0.2, 0.25) is 0 Å². The largest absolute Gasteiger partial charge is 0.482 e. The fourth-order valence-electron chi connectivity index (χ4n) is 4.21. The molecule has 34 heavy (non-hydrogen) atoms. The molecular weight excluding hydrogens is 439 g/mol. The Morgan fingerprint density at radius 2 is 1.94 bits per heavy atom. The normalized spacial score (nSPS) is 20.2. The second kappa shape index (κ2) is 9.04. The van der Waals surface area contributed by atoms with Gasteiger partial charge in [-0.1, -0.05) is 24.3 Å². The van der Waals surface area contributed by atoms with Gasteiger partial charge < -0.3 is 19.9 Å². The smallest absolute Gasteiger partial charge is 0.325 e. The fraction of sp³-hybridized carbons (Fsp3) is 0.308. The van der Waals surface area contributed by atoms with E-state index in [0.717, 1.165) is 16.7 Å². The minimum absolute atomic E-state index is 0.311. The van der Waals surface area contributed by atoms with E-state index in [9.17, 15) is 19.1 Å². The van der Waals surface area contributed by atoms with E-state index in [1.807, 2.05) is 44.2 Å². The summed E-state index contributed by atoms with van der Waals surface area (Å²) in [6, 6.07) is 11.0. The quantitative estimate of drug-likeness (QED) is 0.446. The van der Waals surface area contributed by atoms with Crippen LogP contribution in [0.15, 0.2) is 54.3 Å². The van der Waals surface area contributed by atoms with Crippen LogP contribution in [0.5, 0.6) is 0 Å². The van der Waals surface area contributed by atoms with Gasteiger partial charge in [0.05, 0.1) is 18.8 Å². The van der Waals surface area contributed by atoms with Crippen molar-refractivity contribution in [2.24, 2.45) is 0 Å². The summed E-state index contributed by atoms with van der Waals surface area (Å²) in [5, 5.41) is 15.6. The third-order valence-corrected chi connectivity index (χ3v) is 5.99. The molecule has 0 saturated heterocycles. The first kappa shape index (κ1) is 23.7. The topological polar surface area (TPSA) is 96.9 Å². The van der Waals surface area contributed by atoms with Crippen LogP contribution >= 0.6 is 0 Å². The second-order valence-corrected chi connectivity index (χ2v) is 8.87. The van der Waals surface area contributed by atoms with Gasteiger partial charge in [0, 0.05) is 23.4 Å². The van der Waals surface area contributed by atoms with E-state index >= 15 is 0 Å². The molecule has 4 rings (SSSR count). The van der Waals surface area contributed by atoms with E-state index in [4.69, 9.17) is 9.47 Å². The van der Waals surface area contributed by atoms with Crippen LogP contribution in [0.4, 0.5) is 10.1 Å². The van der Waals surface area contributed by atoms with E-state index in [0.29, 0.717) is 29.1 Å². The standard InChI is InChI=1S/C26H27FN2O5/c1-14(30)23(25(32)33-4)28-13-15-5-7-16(8-6-15)19-12-21(34-26(19,2)3)22-18-11-17(27)9-10-20(18)29-24(22)31/h5-12,14,23,28,30H,13H2,1-4H3,(H,29,31)/b22-21+/t14-,23+/m1/s1. The van der Waals surface area contributed by atoms with Gasteiger partial charge in [0.2, 0.25) is 0 Å². The summed E-state index contributed by atoms with van der Waals surface area (Å²) in [5.74, 6) is -0.891. The third kappa shape index (κ3) is 4.47. The summed E-state index contributed by atoms with van der Waals surface area (Å²) in [6.45, 7) is 5.70. The maximum absolute atomic E-state index is 13.8. The summed E-state index contributed by atoms with van der Waals surface area (Å²) in [6.07, 6.45) is 0.925. The molecular formula is C26H27FN2O5. The number of halogens is 1. The van der Waals surface area contributed by atoms with Gasteiger partial charge in [-0.25, -0.2) is 4.39 Å². The minimum atomic E-state index is -0.897. The average molecular weight is 467 g/mol. The summed E-state index contributed by atoms with van der Waals surface area (Å²) in [7, 11) is 1.28. The molecule has 7 nitrogen and oxygen atoms in total. The first-order valence-corrected chi connectivity index (χ1v) is 11.0. The maximum atomic E-state index is 13.8. The number of benzene rings is 2. The molecule has 178 valence electrons. The van der Waals surface area contributed by atoms with Crippen LogP contribution in [0.3, 0.4) is 0 Å². The number of amides is 1. The number of aliphatic hydroxyl groups excluding tert-OH is 1. The van der Waals surface area contributed by atoms with Gasteiger partial charge in [-0.3, -0.25) is 14.9 Å². The number of hydrogen-bond donors (Lipinski definition) is 3. The molecule has 0 aromatic heterocycles. The van der Waals surface area contributed by atoms with Crippen molar-refractivity contribution in [3.8, 4) is 0 Å². The average Bonchev–Trinajstić information content (AvgIpc) is 3.28. The Morgan fingerprint density at radius 1 is 1.24 bits per heavy atom. The molecule has 2 aliphatic heterocycles. The van der Waals surface area contributed by atoms with E-state index < -0.39 is 29.5 Å². The highest BCUT2D eigenvalue weighted by molar-refractivity contribution is 6.32. The molecule has 1 amide bonds. The highest BCUT2D eigenvalue weighted by Gasteiger charge is 2.38. The van der Waals surface area contributed by atoms with Crippen molar-refractivity contribution in [2.75, 3.05) is 12.4 Å². The third-order valence-electron chi connectivity index (χ3n) is 5.99. The Labute approximate surface area is 197 Å². The number of anilines is 1. The molecule has 0 fully saturated rings. The molecule has 2 heterocycles. The van der Waals surface area contributed by atoms with Crippen molar-refractivity contribution in [1.29, 1.82) is 0 Å². The summed E-state index contributed by atoms with van der Waals surface area (Å²) >= 11 is 0. The number of esters is 1. The molecule has 2 aliphatic rings. The molecule has 0 unspecified atom stereocenters. The molecule has 8 heteroatoms. The molecule has 0 saturated carbocycles. The van der Waals surface area contributed by atoms with E-state index in [1.165, 1.54) is 32.2 Å². The lowest BCUT2D eigenvalue weighted by atomic mass is 9.91. The molecule has 2 aromatic rings. The monoisotopic (exact) mass is 466 g/mol. The highest BCUT2D eigenvalue weighted by atomic mass is 19.1. The number of aliphatic hydroxyl groups is 1. The van der Waals surface area contributed by atoms with Crippen LogP contribution < -0.4 is 10.6 Å². The van der Waals surface area contributed by atoms with Crippen LogP contribution in [-0.4, -0.2) is 41.8 Å². The van der Waals surface area contributed by atoms with Gasteiger partial charge in [-0.2, -0.15) is 0 Å². The number of methoxy groups -OCH3 is 1. The lowest BCUT2D eigenvalue weighted by molar-refractivity contribution is -0.145. The van der Waals surface area contributed by atoms with Crippen LogP contribution in [-0.2, 0) is 25.6 Å². The Bertz CT molecular complexity index is 1200. The second-order valence-electron chi connectivity index (χ2n) is 8.87. The maximum Gasteiger partial charge on any atom is 0.325 e. The molecule has 0 radical (unpaired) electrons. The lowest BCUT2D eigenvalue weighted by Gasteiger charge is -2.24. The Morgan fingerprint density at radius 3 is 2.59 bits per heavy atom. The number of ether oxygens (including phenoxy) is 2. The Kier molecular flexibility index (Phi) is 6.29. The SMILES string of the molecule is COC(=O)[C@@H](NCc1ccc(C2=C/C(=C3\C(=O)Nc4ccc(F)cc43)OC2(C)C)cc1)[C@@H](C)O. The van der Waals surface area contributed by atoms with Crippen molar-refractivity contribution in [1.82, 2.24) is 5.32 Å². The van der Waals surface area contributed by atoms with Gasteiger partial charge in [-0.05, 0) is 56.2 Å². The Hall–Kier alpha value is -3.49. The number of rotatable bonds is 6. The van der Waals surface area contributed by atoms with Gasteiger partial charge in [-0.15, -0.1) is 0 Å². The first-order valence-electron chi connectivity index (χ1n) is 11.0. The predicted octanol–water partition coefficient (Wildman–Crippen LogP) is 3.39. The van der Waals surface area contributed by atoms with Crippen molar-refractivity contribution >= 4 is 28.7 Å². The predicted molar refractivity (Wildman–Crippen MR) is 126 cm³/mol. The van der Waals surface area contributed by atoms with Crippen LogP contribution in [0.25, 0.3) is 11.1 Å². The van der Waals surface area contributed by atoms with E-state index in [-0.39, 0.29) is 5.91 Å². The van der Waals surface area contributed by atoms with Crippen LogP contribution in [0.1, 0.15) is 37.5 Å². The van der Waals surface area contributed by atoms with Gasteiger partial charge in [0.25, 0.3) is 5.91 Å². The molecule has 0 aliphatic carbocycles. The molecule has 0 bridgehead atoms. The number of nitrogens with one attached hydrogen (secondary N) is 2. The zero-order valence-electron chi connectivity index (χ0n) is 19.4. The van der Waals surface area contributed by atoms with Crippen molar-refractivity contribution in [2.45, 2.75) is 45.1 Å². The number of fused-ring (bicyclic) bond motifs is 1. The van der Waals surface area contributed by atoms with Gasteiger partial charge in [0.15, 0.2) is 0 Å². The number of carbonyl (C=O) groups is 2. The Balaban J connectivity index is 1.59. The number of carbonyl (C=O) groups excluding carboxylic acids is 2. The number of hydrogen-bond acceptors (Lipinski definition) is 6. The summed E-state index contributed by atoms with van der Waals surface area (Å²) in [5.41, 5.74) is 3.33. The fourth-order valence-corrected chi connectivity index (χ4v) is 4.21. The highest BCUT2D eigenvalue weighted by Crippen LogP contribution is 2.44. The molecule has 2 aromatic carbocycles. The number of allylic oxidation sites excluding steroid dienone is 1. The van der Waals surface area contributed by atoms with Gasteiger partial charge in [0.1, 0.15) is 23.2 Å². The van der Waals surface area contributed by atoms with Crippen LogP contribution in [0, 0.1) is 5.82 Å². The zero-order chi connectivity index (χ0) is 24.6. The molecule has 0 spiro atoms. The molecule has 3 N–H and O–H groups in total. The zero-order valence-corrected chi connectivity index (χ0v) is 19.4. The van der Waals surface area contributed by atoms with Gasteiger partial charge >= 0.3 is 5.97 Å². The van der Waals surface area contributed by atoms with Crippen molar-refractivity contribution < 1.29 is 28.6 Å².